The second kappa shape index (κ2) is 3.18. The monoisotopic (exact) mass is 207 g/mol. The number of nitrogens with zero attached hydrogens (tertiary/aromatic N) is 3. The van der Waals surface area contributed by atoms with Gasteiger partial charge in [-0.1, -0.05) is 0 Å². The predicted molar refractivity (Wildman–Crippen MR) is 54.0 cm³/mol. The van der Waals surface area contributed by atoms with Crippen LogP contribution < -0.4 is 0 Å². The molecule has 0 aromatic heterocycles. The van der Waals surface area contributed by atoms with E-state index in [1.807, 2.05) is 20.8 Å². The molecule has 2 aliphatic rings. The Hall–Kier alpha value is -1.65. The normalized spacial score (nSPS) is 18.7. The van der Waals surface area contributed by atoms with Gasteiger partial charge in [-0.15, -0.1) is 5.11 Å². The molecule has 80 valence electrons. The fourth-order valence-electron chi connectivity index (χ4n) is 1.34. The number of hydrogen-bond acceptors (Lipinski definition) is 4. The molecule has 0 aromatic carbocycles. The summed E-state index contributed by atoms with van der Waals surface area (Å²) >= 11 is 0. The van der Waals surface area contributed by atoms with Crippen LogP contribution in [0.15, 0.2) is 33.9 Å². The van der Waals surface area contributed by atoms with Crippen LogP contribution in [0.25, 0.3) is 0 Å². The minimum atomic E-state index is -0.469. The molecule has 0 saturated heterocycles. The molecule has 0 saturated carbocycles. The van der Waals surface area contributed by atoms with E-state index in [1.165, 1.54) is 4.90 Å². The molecule has 0 aliphatic carbocycles. The zero-order chi connectivity index (χ0) is 11.1. The van der Waals surface area contributed by atoms with Crippen LogP contribution in [0.5, 0.6) is 0 Å². The lowest BCUT2D eigenvalue weighted by Gasteiger charge is -2.23. The highest BCUT2D eigenvalue weighted by molar-refractivity contribution is 5.72. The Morgan fingerprint density at radius 1 is 1.53 bits per heavy atom. The zero-order valence-electron chi connectivity index (χ0n) is 9.02. The van der Waals surface area contributed by atoms with Gasteiger partial charge in [0.2, 0.25) is 0 Å². The van der Waals surface area contributed by atoms with Crippen LogP contribution in [-0.4, -0.2) is 23.1 Å². The Labute approximate surface area is 88.1 Å². The van der Waals surface area contributed by atoms with Crippen LogP contribution in [0.1, 0.15) is 20.8 Å². The molecule has 5 heteroatoms. The molecular weight excluding hydrogens is 194 g/mol. The number of fused-ring (bicyclic) bond motifs is 1. The van der Waals surface area contributed by atoms with Crippen LogP contribution in [0, 0.1) is 0 Å². The molecule has 2 rings (SSSR count). The molecule has 0 aromatic rings. The number of rotatable bonds is 0. The lowest BCUT2D eigenvalue weighted by atomic mass is 10.2. The molecule has 0 atom stereocenters. The fraction of sp³-hybridized carbons (Fsp3) is 0.500. The van der Waals surface area contributed by atoms with Crippen molar-refractivity contribution in [2.45, 2.75) is 26.4 Å². The van der Waals surface area contributed by atoms with Gasteiger partial charge in [-0.3, -0.25) is 4.90 Å². The van der Waals surface area contributed by atoms with Crippen molar-refractivity contribution in [3.8, 4) is 0 Å². The van der Waals surface area contributed by atoms with Crippen LogP contribution >= 0.6 is 0 Å². The van der Waals surface area contributed by atoms with Crippen LogP contribution in [0.4, 0.5) is 4.79 Å². The first kappa shape index (κ1) is 9.89. The lowest BCUT2D eigenvalue weighted by molar-refractivity contribution is 0.0357. The molecular formula is C10H13N3O2. The summed E-state index contributed by atoms with van der Waals surface area (Å²) in [4.78, 5) is 13.2. The first-order chi connectivity index (χ1) is 6.96. The minimum Gasteiger partial charge on any atom is -0.443 e. The van der Waals surface area contributed by atoms with Crippen molar-refractivity contribution < 1.29 is 9.53 Å². The van der Waals surface area contributed by atoms with E-state index in [-0.39, 0.29) is 6.09 Å². The molecule has 0 unspecified atom stereocenters. The molecule has 0 fully saturated rings. The number of carbonyl (C=O) groups excluding carboxylic acids is 1. The summed E-state index contributed by atoms with van der Waals surface area (Å²) in [5, 5.41) is 7.62. The number of carbonyl (C=O) groups is 1. The summed E-state index contributed by atoms with van der Waals surface area (Å²) in [6.45, 7) is 6.02. The standard InChI is InChI=1S/C10H13N3O2/c1-10(2,3)15-9(14)13-5-7-4-11-12-8(7)6-13/h4,6H,5H2,1-3H3. The highest BCUT2D eigenvalue weighted by atomic mass is 16.6. The summed E-state index contributed by atoms with van der Waals surface area (Å²) in [6, 6.07) is 0. The maximum absolute atomic E-state index is 11.7. The maximum atomic E-state index is 11.7. The van der Waals surface area contributed by atoms with E-state index in [9.17, 15) is 4.79 Å². The van der Waals surface area contributed by atoms with Gasteiger partial charge < -0.3 is 4.74 Å². The number of hydrogen-bond donors (Lipinski definition) is 0. The van der Waals surface area contributed by atoms with Crippen molar-refractivity contribution in [2.75, 3.05) is 6.54 Å². The summed E-state index contributed by atoms with van der Waals surface area (Å²) in [5.41, 5.74) is 1.24. The molecule has 0 spiro atoms. The average Bonchev–Trinajstić information content (AvgIpc) is 2.56. The fourth-order valence-corrected chi connectivity index (χ4v) is 1.34. The summed E-state index contributed by atoms with van der Waals surface area (Å²) in [6.07, 6.45) is 2.98. The van der Waals surface area contributed by atoms with Gasteiger partial charge in [-0.25, -0.2) is 4.79 Å². The third-order valence-corrected chi connectivity index (χ3v) is 1.95. The molecule has 0 bridgehead atoms. The van der Waals surface area contributed by atoms with Gasteiger partial charge in [0.05, 0.1) is 12.7 Å². The third kappa shape index (κ3) is 2.06. The Morgan fingerprint density at radius 2 is 2.27 bits per heavy atom. The average molecular weight is 207 g/mol. The SMILES string of the molecule is CC(C)(C)OC(=O)N1C=C2N=NC=C2C1. The Bertz CT molecular complexity index is 388. The van der Waals surface area contributed by atoms with Gasteiger partial charge >= 0.3 is 6.09 Å². The zero-order valence-corrected chi connectivity index (χ0v) is 9.02. The highest BCUT2D eigenvalue weighted by Gasteiger charge is 2.28. The van der Waals surface area contributed by atoms with E-state index in [0.717, 1.165) is 11.3 Å². The van der Waals surface area contributed by atoms with Gasteiger partial charge in [0, 0.05) is 11.8 Å². The largest absolute Gasteiger partial charge is 0.443 e. The first-order valence-corrected chi connectivity index (χ1v) is 4.77. The molecule has 5 nitrogen and oxygen atoms in total. The summed E-state index contributed by atoms with van der Waals surface area (Å²) < 4.78 is 5.23. The Balaban J connectivity index is 2.03. The lowest BCUT2D eigenvalue weighted by Crippen LogP contribution is -2.32. The van der Waals surface area contributed by atoms with E-state index < -0.39 is 5.60 Å². The van der Waals surface area contributed by atoms with Crippen molar-refractivity contribution in [2.24, 2.45) is 10.2 Å². The molecule has 0 radical (unpaired) electrons. The van der Waals surface area contributed by atoms with Crippen molar-refractivity contribution in [1.29, 1.82) is 0 Å². The van der Waals surface area contributed by atoms with E-state index in [2.05, 4.69) is 10.2 Å². The summed E-state index contributed by atoms with van der Waals surface area (Å²) in [5.74, 6) is 0. The van der Waals surface area contributed by atoms with Crippen molar-refractivity contribution in [3.05, 3.63) is 23.7 Å². The number of azo groups is 1. The Morgan fingerprint density at radius 3 is 2.87 bits per heavy atom. The summed E-state index contributed by atoms with van der Waals surface area (Å²) in [7, 11) is 0. The van der Waals surface area contributed by atoms with Gasteiger partial charge in [0.25, 0.3) is 0 Å². The van der Waals surface area contributed by atoms with Crippen LogP contribution in [0.2, 0.25) is 0 Å². The van der Waals surface area contributed by atoms with Gasteiger partial charge in [-0.05, 0) is 20.8 Å². The van der Waals surface area contributed by atoms with Gasteiger partial charge in [0.1, 0.15) is 11.3 Å². The molecule has 2 heterocycles. The van der Waals surface area contributed by atoms with Crippen molar-refractivity contribution in [1.82, 2.24) is 4.90 Å². The topological polar surface area (TPSA) is 54.3 Å². The molecule has 1 amide bonds. The Kier molecular flexibility index (Phi) is 2.10. The van der Waals surface area contributed by atoms with E-state index in [0.29, 0.717) is 6.54 Å². The van der Waals surface area contributed by atoms with Crippen LogP contribution in [-0.2, 0) is 4.74 Å². The van der Waals surface area contributed by atoms with Crippen LogP contribution in [0.3, 0.4) is 0 Å². The molecule has 0 N–H and O–H groups in total. The smallest absolute Gasteiger partial charge is 0.414 e. The second-order valence-electron chi connectivity index (χ2n) is 4.49. The predicted octanol–water partition coefficient (Wildman–Crippen LogP) is 2.43. The number of amides is 1. The highest BCUT2D eigenvalue weighted by Crippen LogP contribution is 2.27. The van der Waals surface area contributed by atoms with E-state index >= 15 is 0 Å². The second-order valence-corrected chi connectivity index (χ2v) is 4.49. The molecule has 2 aliphatic heterocycles. The van der Waals surface area contributed by atoms with E-state index in [4.69, 9.17) is 4.74 Å². The maximum Gasteiger partial charge on any atom is 0.414 e. The minimum absolute atomic E-state index is 0.347. The van der Waals surface area contributed by atoms with Gasteiger partial charge in [-0.2, -0.15) is 5.11 Å². The van der Waals surface area contributed by atoms with Crippen molar-refractivity contribution in [3.63, 3.8) is 0 Å². The van der Waals surface area contributed by atoms with Crippen molar-refractivity contribution >= 4 is 6.09 Å². The third-order valence-electron chi connectivity index (χ3n) is 1.95. The number of ether oxygens (including phenoxy) is 1. The quantitative estimate of drug-likeness (QED) is 0.612. The molecule has 15 heavy (non-hydrogen) atoms. The first-order valence-electron chi connectivity index (χ1n) is 4.77. The van der Waals surface area contributed by atoms with Gasteiger partial charge in [0.15, 0.2) is 0 Å². The van der Waals surface area contributed by atoms with E-state index in [1.54, 1.807) is 12.4 Å².